The standard InChI is InChI=1S/C12H17N3S/c1-3-4-5-6-15-11-10(14-12(15)16)7-9(2)8-13-11/h7-8H,3-6H2,1-2H3,(H,14,16). The number of hydrogen-bond acceptors (Lipinski definition) is 2. The van der Waals surface area contributed by atoms with E-state index >= 15 is 0 Å². The summed E-state index contributed by atoms with van der Waals surface area (Å²) in [4.78, 5) is 7.66. The van der Waals surface area contributed by atoms with E-state index in [1.807, 2.05) is 13.1 Å². The quantitative estimate of drug-likeness (QED) is 0.649. The summed E-state index contributed by atoms with van der Waals surface area (Å²) >= 11 is 5.31. The normalized spacial score (nSPS) is 11.1. The number of pyridine rings is 1. The molecule has 0 aliphatic heterocycles. The summed E-state index contributed by atoms with van der Waals surface area (Å²) < 4.78 is 2.88. The van der Waals surface area contributed by atoms with Gasteiger partial charge in [-0.2, -0.15) is 0 Å². The Bertz CT molecular complexity index is 539. The molecule has 0 fully saturated rings. The van der Waals surface area contributed by atoms with Crippen LogP contribution in [-0.2, 0) is 6.54 Å². The van der Waals surface area contributed by atoms with Crippen LogP contribution in [0.25, 0.3) is 11.2 Å². The van der Waals surface area contributed by atoms with E-state index in [9.17, 15) is 0 Å². The first kappa shape index (κ1) is 11.3. The van der Waals surface area contributed by atoms with Crippen LogP contribution in [-0.4, -0.2) is 14.5 Å². The van der Waals surface area contributed by atoms with Gasteiger partial charge in [-0.1, -0.05) is 19.8 Å². The third-order valence-corrected chi connectivity index (χ3v) is 3.05. The highest BCUT2D eigenvalue weighted by Gasteiger charge is 2.04. The number of imidazole rings is 1. The highest BCUT2D eigenvalue weighted by atomic mass is 32.1. The Morgan fingerprint density at radius 1 is 1.44 bits per heavy atom. The van der Waals surface area contributed by atoms with Gasteiger partial charge in [0.1, 0.15) is 0 Å². The predicted octanol–water partition coefficient (Wildman–Crippen LogP) is 3.59. The first-order chi connectivity index (χ1) is 7.72. The predicted molar refractivity (Wildman–Crippen MR) is 69.2 cm³/mol. The van der Waals surface area contributed by atoms with Crippen LogP contribution in [0.15, 0.2) is 12.3 Å². The van der Waals surface area contributed by atoms with Gasteiger partial charge in [0.25, 0.3) is 0 Å². The summed E-state index contributed by atoms with van der Waals surface area (Å²) in [5.74, 6) is 0. The molecule has 0 atom stereocenters. The van der Waals surface area contributed by atoms with Gasteiger partial charge in [-0.15, -0.1) is 0 Å². The zero-order valence-electron chi connectivity index (χ0n) is 9.79. The molecule has 0 radical (unpaired) electrons. The van der Waals surface area contributed by atoms with Crippen molar-refractivity contribution in [2.45, 2.75) is 39.7 Å². The average Bonchev–Trinajstić information content (AvgIpc) is 2.55. The SMILES string of the molecule is CCCCCn1c(=S)[nH]c2cc(C)cnc21. The Hall–Kier alpha value is -1.16. The minimum Gasteiger partial charge on any atom is -0.329 e. The number of rotatable bonds is 4. The van der Waals surface area contributed by atoms with Crippen molar-refractivity contribution in [3.05, 3.63) is 22.6 Å². The van der Waals surface area contributed by atoms with Gasteiger partial charge in [-0.05, 0) is 37.2 Å². The molecule has 0 unspecified atom stereocenters. The lowest BCUT2D eigenvalue weighted by molar-refractivity contribution is 0.605. The molecule has 0 saturated heterocycles. The number of aromatic amines is 1. The van der Waals surface area contributed by atoms with Crippen LogP contribution in [0.4, 0.5) is 0 Å². The third kappa shape index (κ3) is 2.16. The van der Waals surface area contributed by atoms with E-state index in [0.29, 0.717) is 0 Å². The van der Waals surface area contributed by atoms with E-state index in [-0.39, 0.29) is 0 Å². The van der Waals surface area contributed by atoms with E-state index in [1.165, 1.54) is 12.8 Å². The number of fused-ring (bicyclic) bond motifs is 1. The van der Waals surface area contributed by atoms with Crippen LogP contribution in [0, 0.1) is 11.7 Å². The van der Waals surface area contributed by atoms with Gasteiger partial charge in [0, 0.05) is 12.7 Å². The molecule has 0 bridgehead atoms. The number of H-pyrrole nitrogens is 1. The highest BCUT2D eigenvalue weighted by Crippen LogP contribution is 2.14. The fraction of sp³-hybridized carbons (Fsp3) is 0.500. The molecule has 0 saturated carbocycles. The molecule has 0 aliphatic rings. The average molecular weight is 235 g/mol. The highest BCUT2D eigenvalue weighted by molar-refractivity contribution is 7.71. The van der Waals surface area contributed by atoms with Crippen molar-refractivity contribution in [3.8, 4) is 0 Å². The summed E-state index contributed by atoms with van der Waals surface area (Å²) in [5.41, 5.74) is 3.18. The molecule has 3 nitrogen and oxygen atoms in total. The summed E-state index contributed by atoms with van der Waals surface area (Å²) in [6.07, 6.45) is 5.51. The van der Waals surface area contributed by atoms with Crippen LogP contribution in [0.3, 0.4) is 0 Å². The number of unbranched alkanes of at least 4 members (excludes halogenated alkanes) is 2. The molecular formula is C12H17N3S. The smallest absolute Gasteiger partial charge is 0.179 e. The lowest BCUT2D eigenvalue weighted by Gasteiger charge is -2.02. The van der Waals surface area contributed by atoms with Crippen molar-refractivity contribution < 1.29 is 0 Å². The fourth-order valence-corrected chi connectivity index (χ4v) is 2.16. The molecule has 2 heterocycles. The summed E-state index contributed by atoms with van der Waals surface area (Å²) in [6, 6.07) is 2.09. The maximum atomic E-state index is 5.31. The first-order valence-corrected chi connectivity index (χ1v) is 6.18. The van der Waals surface area contributed by atoms with Gasteiger partial charge >= 0.3 is 0 Å². The Morgan fingerprint density at radius 2 is 2.25 bits per heavy atom. The molecule has 0 aliphatic carbocycles. The second-order valence-electron chi connectivity index (χ2n) is 4.17. The maximum Gasteiger partial charge on any atom is 0.179 e. The summed E-state index contributed by atoms with van der Waals surface area (Å²) in [7, 11) is 0. The van der Waals surface area contributed by atoms with E-state index in [1.54, 1.807) is 0 Å². The number of nitrogens with one attached hydrogen (secondary N) is 1. The van der Waals surface area contributed by atoms with E-state index in [4.69, 9.17) is 12.2 Å². The Labute approximate surface area is 101 Å². The van der Waals surface area contributed by atoms with E-state index < -0.39 is 0 Å². The molecule has 16 heavy (non-hydrogen) atoms. The van der Waals surface area contributed by atoms with Crippen LogP contribution >= 0.6 is 12.2 Å². The summed E-state index contributed by atoms with van der Waals surface area (Å²) in [5, 5.41) is 0. The monoisotopic (exact) mass is 235 g/mol. The number of nitrogens with zero attached hydrogens (tertiary/aromatic N) is 2. The van der Waals surface area contributed by atoms with Gasteiger partial charge in [-0.3, -0.25) is 0 Å². The lowest BCUT2D eigenvalue weighted by Crippen LogP contribution is -1.99. The van der Waals surface area contributed by atoms with Crippen molar-refractivity contribution in [3.63, 3.8) is 0 Å². The van der Waals surface area contributed by atoms with Crippen molar-refractivity contribution in [2.24, 2.45) is 0 Å². The van der Waals surface area contributed by atoms with E-state index in [0.717, 1.165) is 34.5 Å². The third-order valence-electron chi connectivity index (χ3n) is 2.73. The molecule has 1 N–H and O–H groups in total. The molecule has 0 aromatic carbocycles. The van der Waals surface area contributed by atoms with Crippen molar-refractivity contribution in [1.29, 1.82) is 0 Å². The van der Waals surface area contributed by atoms with Crippen molar-refractivity contribution in [2.75, 3.05) is 0 Å². The number of hydrogen-bond donors (Lipinski definition) is 1. The zero-order valence-corrected chi connectivity index (χ0v) is 10.6. The largest absolute Gasteiger partial charge is 0.329 e. The zero-order chi connectivity index (χ0) is 11.5. The molecular weight excluding hydrogens is 218 g/mol. The minimum atomic E-state index is 0.782. The Balaban J connectivity index is 2.36. The lowest BCUT2D eigenvalue weighted by atomic mass is 10.2. The van der Waals surface area contributed by atoms with Crippen LogP contribution < -0.4 is 0 Å². The molecule has 86 valence electrons. The molecule has 2 aromatic heterocycles. The van der Waals surface area contributed by atoms with Gasteiger partial charge in [0.15, 0.2) is 10.4 Å². The molecule has 2 rings (SSSR count). The molecule has 2 aromatic rings. The number of aryl methyl sites for hydroxylation is 2. The van der Waals surface area contributed by atoms with Crippen molar-refractivity contribution >= 4 is 23.4 Å². The minimum absolute atomic E-state index is 0.782. The maximum absolute atomic E-state index is 5.31. The van der Waals surface area contributed by atoms with Gasteiger partial charge < -0.3 is 9.55 Å². The fourth-order valence-electron chi connectivity index (χ4n) is 1.88. The molecule has 0 amide bonds. The Morgan fingerprint density at radius 3 is 3.00 bits per heavy atom. The summed E-state index contributed by atoms with van der Waals surface area (Å²) in [6.45, 7) is 5.20. The van der Waals surface area contributed by atoms with Gasteiger partial charge in [0.2, 0.25) is 0 Å². The molecule has 0 spiro atoms. The molecule has 4 heteroatoms. The van der Waals surface area contributed by atoms with Crippen LogP contribution in [0.1, 0.15) is 31.7 Å². The van der Waals surface area contributed by atoms with Crippen molar-refractivity contribution in [1.82, 2.24) is 14.5 Å². The van der Waals surface area contributed by atoms with Crippen LogP contribution in [0.5, 0.6) is 0 Å². The van der Waals surface area contributed by atoms with Crippen LogP contribution in [0.2, 0.25) is 0 Å². The second-order valence-corrected chi connectivity index (χ2v) is 4.56. The van der Waals surface area contributed by atoms with Gasteiger partial charge in [-0.25, -0.2) is 4.98 Å². The van der Waals surface area contributed by atoms with Gasteiger partial charge in [0.05, 0.1) is 5.52 Å². The second kappa shape index (κ2) is 4.78. The topological polar surface area (TPSA) is 33.6 Å². The number of aromatic nitrogens is 3. The first-order valence-electron chi connectivity index (χ1n) is 5.77. The Kier molecular flexibility index (Phi) is 3.39. The van der Waals surface area contributed by atoms with E-state index in [2.05, 4.69) is 27.5 Å².